The van der Waals surface area contributed by atoms with Crippen molar-refractivity contribution in [2.24, 2.45) is 0 Å². The van der Waals surface area contributed by atoms with E-state index < -0.39 is 0 Å². The second-order valence-corrected chi connectivity index (χ2v) is 8.25. The Kier molecular flexibility index (Phi) is 5.81. The normalized spacial score (nSPS) is 12.9. The van der Waals surface area contributed by atoms with E-state index in [1.165, 1.54) is 0 Å². The van der Waals surface area contributed by atoms with E-state index in [9.17, 15) is 4.79 Å². The topological polar surface area (TPSA) is 70.2 Å². The van der Waals surface area contributed by atoms with Crippen LogP contribution in [-0.2, 0) is 6.54 Å². The van der Waals surface area contributed by atoms with Crippen LogP contribution in [0.1, 0.15) is 18.4 Å². The Hall–Kier alpha value is -4.06. The number of aromatic amines is 1. The van der Waals surface area contributed by atoms with Gasteiger partial charge in [0.1, 0.15) is 5.75 Å². The summed E-state index contributed by atoms with van der Waals surface area (Å²) in [4.78, 5) is 15.3. The van der Waals surface area contributed by atoms with Crippen molar-refractivity contribution >= 4 is 11.7 Å². The predicted octanol–water partition coefficient (Wildman–Crippen LogP) is 5.95. The molecule has 1 aliphatic rings. The minimum absolute atomic E-state index is 0.0893. The van der Waals surface area contributed by atoms with E-state index in [2.05, 4.69) is 33.7 Å². The van der Waals surface area contributed by atoms with E-state index in [-0.39, 0.29) is 12.1 Å². The summed E-state index contributed by atoms with van der Waals surface area (Å²) in [6.45, 7) is 0.543. The molecule has 2 N–H and O–H groups in total. The highest BCUT2D eigenvalue weighted by Crippen LogP contribution is 2.34. The number of ether oxygens (including phenoxy) is 1. The zero-order valence-electron chi connectivity index (χ0n) is 18.5. The van der Waals surface area contributed by atoms with Gasteiger partial charge in [0.05, 0.1) is 19.0 Å². The van der Waals surface area contributed by atoms with Crippen molar-refractivity contribution in [2.75, 3.05) is 12.4 Å². The van der Waals surface area contributed by atoms with Crippen molar-refractivity contribution in [1.29, 1.82) is 0 Å². The van der Waals surface area contributed by atoms with Gasteiger partial charge in [-0.3, -0.25) is 5.10 Å². The highest BCUT2D eigenvalue weighted by atomic mass is 16.5. The molecule has 0 saturated heterocycles. The summed E-state index contributed by atoms with van der Waals surface area (Å²) in [6.07, 6.45) is 5.72. The molecule has 6 nitrogen and oxygen atoms in total. The highest BCUT2D eigenvalue weighted by Gasteiger charge is 2.33. The maximum atomic E-state index is 13.4. The van der Waals surface area contributed by atoms with Crippen LogP contribution in [0.5, 0.6) is 5.75 Å². The maximum Gasteiger partial charge on any atom is 0.322 e. The lowest BCUT2D eigenvalue weighted by Crippen LogP contribution is -2.36. The van der Waals surface area contributed by atoms with Crippen LogP contribution < -0.4 is 10.1 Å². The second-order valence-electron chi connectivity index (χ2n) is 8.25. The third kappa shape index (κ3) is 4.75. The van der Waals surface area contributed by atoms with Crippen LogP contribution >= 0.6 is 0 Å². The lowest BCUT2D eigenvalue weighted by atomic mass is 9.98. The van der Waals surface area contributed by atoms with E-state index in [1.807, 2.05) is 65.7 Å². The van der Waals surface area contributed by atoms with Gasteiger partial charge in [0, 0.05) is 29.9 Å². The number of methoxy groups -OCH3 is 1. The number of amides is 2. The molecule has 6 heteroatoms. The Balaban J connectivity index is 1.44. The predicted molar refractivity (Wildman–Crippen MR) is 130 cm³/mol. The van der Waals surface area contributed by atoms with E-state index in [4.69, 9.17) is 4.74 Å². The first-order valence-corrected chi connectivity index (χ1v) is 11.1. The zero-order chi connectivity index (χ0) is 22.6. The maximum absolute atomic E-state index is 13.4. The number of carbonyl (C=O) groups is 1. The summed E-state index contributed by atoms with van der Waals surface area (Å²) < 4.78 is 5.35. The largest absolute Gasteiger partial charge is 0.497 e. The second kappa shape index (κ2) is 9.20. The van der Waals surface area contributed by atoms with Crippen LogP contribution in [-0.4, -0.2) is 34.3 Å². The summed E-state index contributed by atoms with van der Waals surface area (Å²) in [5.74, 6) is 0.796. The molecule has 0 atom stereocenters. The van der Waals surface area contributed by atoms with Gasteiger partial charge in [-0.15, -0.1) is 0 Å². The molecule has 4 aromatic rings. The molecule has 0 bridgehead atoms. The van der Waals surface area contributed by atoms with Gasteiger partial charge < -0.3 is 15.0 Å². The minimum atomic E-state index is -0.0893. The third-order valence-corrected chi connectivity index (χ3v) is 5.91. The number of aromatic nitrogens is 2. The van der Waals surface area contributed by atoms with Crippen LogP contribution in [0.15, 0.2) is 85.2 Å². The van der Waals surface area contributed by atoms with Gasteiger partial charge in [-0.2, -0.15) is 5.10 Å². The van der Waals surface area contributed by atoms with Gasteiger partial charge in [0.15, 0.2) is 0 Å². The van der Waals surface area contributed by atoms with Gasteiger partial charge in [0.25, 0.3) is 0 Å². The van der Waals surface area contributed by atoms with Gasteiger partial charge in [-0.05, 0) is 53.8 Å². The standard InChI is InChI=1S/C27H26N4O2/c1-33-24-9-5-6-19(14-24)18-31(23-11-12-23)27(32)30-26-13-10-21(22-16-28-29-17-22)15-25(26)20-7-3-2-4-8-20/h2-10,13-17,23H,11-12,18H2,1H3,(H,28,29)(H,30,32). The molecule has 1 fully saturated rings. The summed E-state index contributed by atoms with van der Waals surface area (Å²) in [5.41, 5.74) is 5.90. The van der Waals surface area contributed by atoms with Crippen molar-refractivity contribution in [1.82, 2.24) is 15.1 Å². The fraction of sp³-hybridized carbons (Fsp3) is 0.185. The number of nitrogens with one attached hydrogen (secondary N) is 2. The van der Waals surface area contributed by atoms with Crippen molar-refractivity contribution in [2.45, 2.75) is 25.4 Å². The molecule has 2 amide bonds. The first-order chi connectivity index (χ1) is 16.2. The number of hydrogen-bond acceptors (Lipinski definition) is 3. The molecule has 166 valence electrons. The molecule has 5 rings (SSSR count). The van der Waals surface area contributed by atoms with Crippen LogP contribution in [0.2, 0.25) is 0 Å². The summed E-state index contributed by atoms with van der Waals surface area (Å²) in [7, 11) is 1.66. The van der Waals surface area contributed by atoms with Crippen molar-refractivity contribution in [3.05, 3.63) is 90.8 Å². The number of hydrogen-bond donors (Lipinski definition) is 2. The summed E-state index contributed by atoms with van der Waals surface area (Å²) in [5, 5.41) is 10.1. The number of urea groups is 1. The van der Waals surface area contributed by atoms with E-state index >= 15 is 0 Å². The number of carbonyl (C=O) groups excluding carboxylic acids is 1. The van der Waals surface area contributed by atoms with Crippen LogP contribution in [0.3, 0.4) is 0 Å². The Bertz CT molecular complexity index is 1230. The van der Waals surface area contributed by atoms with Gasteiger partial charge >= 0.3 is 6.03 Å². The molecular formula is C27H26N4O2. The molecule has 33 heavy (non-hydrogen) atoms. The molecule has 1 aromatic heterocycles. The first-order valence-electron chi connectivity index (χ1n) is 11.1. The zero-order valence-corrected chi connectivity index (χ0v) is 18.5. The lowest BCUT2D eigenvalue weighted by Gasteiger charge is -2.24. The van der Waals surface area contributed by atoms with E-state index in [0.29, 0.717) is 6.54 Å². The van der Waals surface area contributed by atoms with Crippen molar-refractivity contribution in [3.63, 3.8) is 0 Å². The van der Waals surface area contributed by atoms with E-state index in [0.717, 1.165) is 52.1 Å². The molecule has 0 aliphatic heterocycles. The fourth-order valence-corrected chi connectivity index (χ4v) is 4.01. The smallest absolute Gasteiger partial charge is 0.322 e. The number of nitrogens with zero attached hydrogens (tertiary/aromatic N) is 2. The minimum Gasteiger partial charge on any atom is -0.497 e. The van der Waals surface area contributed by atoms with E-state index in [1.54, 1.807) is 13.3 Å². The molecule has 1 saturated carbocycles. The number of rotatable bonds is 7. The number of anilines is 1. The average molecular weight is 439 g/mol. The Morgan fingerprint density at radius 1 is 1.03 bits per heavy atom. The SMILES string of the molecule is COc1cccc(CN(C(=O)Nc2ccc(-c3cn[nH]c3)cc2-c2ccccc2)C2CC2)c1. The van der Waals surface area contributed by atoms with Crippen LogP contribution in [0.25, 0.3) is 22.3 Å². The molecule has 1 aliphatic carbocycles. The number of H-pyrrole nitrogens is 1. The highest BCUT2D eigenvalue weighted by molar-refractivity contribution is 5.96. The molecule has 0 radical (unpaired) electrons. The molecule has 3 aromatic carbocycles. The fourth-order valence-electron chi connectivity index (χ4n) is 4.01. The molecule has 1 heterocycles. The Morgan fingerprint density at radius 2 is 1.88 bits per heavy atom. The molecular weight excluding hydrogens is 412 g/mol. The Labute approximate surface area is 193 Å². The third-order valence-electron chi connectivity index (χ3n) is 5.91. The molecule has 0 unspecified atom stereocenters. The first kappa shape index (κ1) is 20.8. The average Bonchev–Trinajstić information content (AvgIpc) is 3.55. The van der Waals surface area contributed by atoms with Crippen LogP contribution in [0, 0.1) is 0 Å². The number of benzene rings is 3. The summed E-state index contributed by atoms with van der Waals surface area (Å²) >= 11 is 0. The quantitative estimate of drug-likeness (QED) is 0.375. The monoisotopic (exact) mass is 438 g/mol. The van der Waals surface area contributed by atoms with Gasteiger partial charge in [-0.1, -0.05) is 48.5 Å². The van der Waals surface area contributed by atoms with Crippen molar-refractivity contribution in [3.8, 4) is 28.0 Å². The summed E-state index contributed by atoms with van der Waals surface area (Å²) in [6, 6.07) is 24.2. The molecule has 0 spiro atoms. The lowest BCUT2D eigenvalue weighted by molar-refractivity contribution is 0.206. The van der Waals surface area contributed by atoms with Gasteiger partial charge in [-0.25, -0.2) is 4.79 Å². The van der Waals surface area contributed by atoms with Gasteiger partial charge in [0.2, 0.25) is 0 Å². The Morgan fingerprint density at radius 3 is 2.61 bits per heavy atom. The van der Waals surface area contributed by atoms with Crippen molar-refractivity contribution < 1.29 is 9.53 Å². The van der Waals surface area contributed by atoms with Crippen LogP contribution in [0.4, 0.5) is 10.5 Å².